The number of hydrogen-bond acceptors (Lipinski definition) is 7. The van der Waals surface area contributed by atoms with Crippen LogP contribution in [0.2, 0.25) is 0 Å². The van der Waals surface area contributed by atoms with Crippen LogP contribution in [0.15, 0.2) is 34.7 Å². The quantitative estimate of drug-likeness (QED) is 0.475. The molecule has 0 unspecified atom stereocenters. The van der Waals surface area contributed by atoms with Crippen LogP contribution in [-0.2, 0) is 4.74 Å². The van der Waals surface area contributed by atoms with Gasteiger partial charge in [-0.2, -0.15) is 4.98 Å². The minimum Gasteiger partial charge on any atom is -0.391 e. The van der Waals surface area contributed by atoms with Gasteiger partial charge in [0.25, 0.3) is 0 Å². The minimum atomic E-state index is -1.59. The van der Waals surface area contributed by atoms with E-state index in [1.165, 1.54) is 18.3 Å². The molecule has 1 saturated heterocycles. The second-order valence-electron chi connectivity index (χ2n) is 4.47. The van der Waals surface area contributed by atoms with Crippen molar-refractivity contribution in [2.24, 2.45) is 10.9 Å². The van der Waals surface area contributed by atoms with Crippen LogP contribution in [0.3, 0.4) is 0 Å². The molecule has 20 heavy (non-hydrogen) atoms. The third kappa shape index (κ3) is 2.03. The van der Waals surface area contributed by atoms with E-state index >= 15 is 0 Å². The molecule has 8 heteroatoms. The van der Waals surface area contributed by atoms with Gasteiger partial charge in [0.05, 0.1) is 12.5 Å². The molecule has 2 heterocycles. The summed E-state index contributed by atoms with van der Waals surface area (Å²) in [4.78, 5) is 19.1. The maximum atomic E-state index is 11.9. The maximum Gasteiger partial charge on any atom is 0.351 e. The lowest BCUT2D eigenvalue weighted by atomic mass is 9.96. The summed E-state index contributed by atoms with van der Waals surface area (Å²) in [6.07, 6.45) is 0.744. The van der Waals surface area contributed by atoms with Gasteiger partial charge >= 0.3 is 5.69 Å². The van der Waals surface area contributed by atoms with Crippen LogP contribution in [0, 0.1) is 5.92 Å². The molecule has 1 aromatic heterocycles. The number of nitrogen functional groups attached to an aromatic ring is 1. The standard InChI is InChI=1S/C12H16N4O4/c1-3-7-9(18)12(6-17,14-2)20-10(7)16-5-4-8(13)15-11(16)19/h3-5,7,9-10,17-18H,1-2,6H2,(H2,13,15,19)/t7-,9-,10+,12+/m0/s1. The molecule has 8 nitrogen and oxygen atoms in total. The highest BCUT2D eigenvalue weighted by Gasteiger charge is 2.54. The lowest BCUT2D eigenvalue weighted by Crippen LogP contribution is -2.42. The van der Waals surface area contributed by atoms with Gasteiger partial charge in [-0.3, -0.25) is 9.56 Å². The van der Waals surface area contributed by atoms with E-state index in [0.29, 0.717) is 0 Å². The van der Waals surface area contributed by atoms with Gasteiger partial charge in [0.2, 0.25) is 5.72 Å². The zero-order chi connectivity index (χ0) is 14.9. The summed E-state index contributed by atoms with van der Waals surface area (Å²) in [6, 6.07) is 1.43. The van der Waals surface area contributed by atoms with Gasteiger partial charge in [-0.05, 0) is 12.8 Å². The Morgan fingerprint density at radius 3 is 2.90 bits per heavy atom. The highest BCUT2D eigenvalue weighted by molar-refractivity contribution is 5.27. The summed E-state index contributed by atoms with van der Waals surface area (Å²) in [5.74, 6) is -0.578. The molecule has 108 valence electrons. The van der Waals surface area contributed by atoms with Crippen molar-refractivity contribution in [3.05, 3.63) is 35.4 Å². The number of nitrogens with zero attached hydrogens (tertiary/aromatic N) is 3. The van der Waals surface area contributed by atoms with Crippen LogP contribution in [0.1, 0.15) is 6.23 Å². The van der Waals surface area contributed by atoms with Crippen LogP contribution in [-0.4, -0.2) is 44.9 Å². The number of aliphatic imine (C=N–C) groups is 1. The average Bonchev–Trinajstić information content (AvgIpc) is 2.71. The molecule has 0 amide bonds. The average molecular weight is 280 g/mol. The van der Waals surface area contributed by atoms with Crippen molar-refractivity contribution in [1.82, 2.24) is 9.55 Å². The first kappa shape index (κ1) is 14.4. The van der Waals surface area contributed by atoms with Crippen LogP contribution in [0.4, 0.5) is 5.82 Å². The zero-order valence-electron chi connectivity index (χ0n) is 10.7. The smallest absolute Gasteiger partial charge is 0.351 e. The summed E-state index contributed by atoms with van der Waals surface area (Å²) in [5, 5.41) is 19.6. The van der Waals surface area contributed by atoms with Gasteiger partial charge in [-0.25, -0.2) is 4.79 Å². The van der Waals surface area contributed by atoms with E-state index < -0.39 is 36.3 Å². The number of aliphatic hydroxyl groups is 2. The van der Waals surface area contributed by atoms with Crippen molar-refractivity contribution in [2.45, 2.75) is 18.1 Å². The number of rotatable bonds is 4. The fourth-order valence-electron chi connectivity index (χ4n) is 2.23. The molecule has 0 spiro atoms. The van der Waals surface area contributed by atoms with Crippen molar-refractivity contribution in [1.29, 1.82) is 0 Å². The number of aromatic nitrogens is 2. The molecule has 4 N–H and O–H groups in total. The van der Waals surface area contributed by atoms with E-state index in [1.54, 1.807) is 0 Å². The molecule has 0 radical (unpaired) electrons. The predicted molar refractivity (Wildman–Crippen MR) is 72.1 cm³/mol. The normalized spacial score (nSPS) is 33.0. The minimum absolute atomic E-state index is 0.0789. The Morgan fingerprint density at radius 2 is 2.40 bits per heavy atom. The number of nitrogens with two attached hydrogens (primary N) is 1. The first-order chi connectivity index (χ1) is 9.49. The van der Waals surface area contributed by atoms with E-state index in [9.17, 15) is 15.0 Å². The second kappa shape index (κ2) is 5.16. The Morgan fingerprint density at radius 1 is 1.70 bits per heavy atom. The molecule has 0 bridgehead atoms. The Kier molecular flexibility index (Phi) is 3.71. The van der Waals surface area contributed by atoms with E-state index in [1.807, 2.05) is 0 Å². The molecule has 1 fully saturated rings. The first-order valence-corrected chi connectivity index (χ1v) is 5.91. The van der Waals surface area contributed by atoms with Crippen molar-refractivity contribution in [3.8, 4) is 0 Å². The Hall–Kier alpha value is -2.03. The van der Waals surface area contributed by atoms with Crippen molar-refractivity contribution in [2.75, 3.05) is 12.3 Å². The molecule has 0 saturated carbocycles. The summed E-state index contributed by atoms with van der Waals surface area (Å²) in [5.41, 5.74) is 3.20. The first-order valence-electron chi connectivity index (χ1n) is 5.91. The van der Waals surface area contributed by atoms with E-state index in [-0.39, 0.29) is 5.82 Å². The molecule has 1 aliphatic rings. The van der Waals surface area contributed by atoms with Crippen molar-refractivity contribution in [3.63, 3.8) is 0 Å². The third-order valence-electron chi connectivity index (χ3n) is 3.37. The highest BCUT2D eigenvalue weighted by atomic mass is 16.6. The number of ether oxygens (including phenoxy) is 1. The van der Waals surface area contributed by atoms with Crippen molar-refractivity contribution >= 4 is 12.5 Å². The predicted octanol–water partition coefficient (Wildman–Crippen LogP) is -1.09. The zero-order valence-corrected chi connectivity index (χ0v) is 10.7. The lowest BCUT2D eigenvalue weighted by molar-refractivity contribution is -0.122. The molecule has 0 aliphatic carbocycles. The molecule has 1 aliphatic heterocycles. The third-order valence-corrected chi connectivity index (χ3v) is 3.37. The number of aliphatic hydroxyl groups excluding tert-OH is 2. The monoisotopic (exact) mass is 280 g/mol. The second-order valence-corrected chi connectivity index (χ2v) is 4.47. The van der Waals surface area contributed by atoms with Crippen LogP contribution in [0.25, 0.3) is 0 Å². The van der Waals surface area contributed by atoms with Gasteiger partial charge in [0, 0.05) is 6.20 Å². The molecule has 1 aromatic rings. The Balaban J connectivity index is 2.48. The van der Waals surface area contributed by atoms with Crippen molar-refractivity contribution < 1.29 is 14.9 Å². The fraction of sp³-hybridized carbons (Fsp3) is 0.417. The Labute approximate surface area is 114 Å². The van der Waals surface area contributed by atoms with Gasteiger partial charge in [-0.1, -0.05) is 6.08 Å². The van der Waals surface area contributed by atoms with E-state index in [4.69, 9.17) is 10.5 Å². The van der Waals surface area contributed by atoms with Gasteiger partial charge in [0.15, 0.2) is 0 Å². The van der Waals surface area contributed by atoms with Gasteiger partial charge in [0.1, 0.15) is 18.1 Å². The summed E-state index contributed by atoms with van der Waals surface area (Å²) in [6.45, 7) is 6.35. The summed E-state index contributed by atoms with van der Waals surface area (Å²) in [7, 11) is 0. The Bertz CT molecular complexity index is 587. The molecule has 4 atom stereocenters. The van der Waals surface area contributed by atoms with Gasteiger partial charge < -0.3 is 20.7 Å². The van der Waals surface area contributed by atoms with E-state index in [0.717, 1.165) is 4.57 Å². The van der Waals surface area contributed by atoms with Crippen LogP contribution in [0.5, 0.6) is 0 Å². The largest absolute Gasteiger partial charge is 0.391 e. The topological polar surface area (TPSA) is 123 Å². The van der Waals surface area contributed by atoms with Crippen LogP contribution < -0.4 is 11.4 Å². The number of anilines is 1. The van der Waals surface area contributed by atoms with Gasteiger partial charge in [-0.15, -0.1) is 6.58 Å². The molecule has 2 rings (SSSR count). The summed E-state index contributed by atoms with van der Waals surface area (Å²) < 4.78 is 6.71. The molecular weight excluding hydrogens is 264 g/mol. The number of hydrogen-bond donors (Lipinski definition) is 3. The SMILES string of the molecule is C=C[C@@H]1[C@H](n2ccc(N)nc2=O)O[C@@](CO)(N=C)[C@H]1O. The fourth-order valence-corrected chi connectivity index (χ4v) is 2.23. The highest BCUT2D eigenvalue weighted by Crippen LogP contribution is 2.41. The lowest BCUT2D eigenvalue weighted by Gasteiger charge is -2.25. The van der Waals surface area contributed by atoms with E-state index in [2.05, 4.69) is 23.3 Å². The maximum absolute atomic E-state index is 11.9. The summed E-state index contributed by atoms with van der Waals surface area (Å²) >= 11 is 0. The molecular formula is C12H16N4O4. The molecule has 0 aromatic carbocycles. The van der Waals surface area contributed by atoms with Crippen LogP contribution >= 0.6 is 0 Å².